The maximum Gasteiger partial charge on any atom is 0.333 e. The van der Waals surface area contributed by atoms with Crippen molar-refractivity contribution >= 4 is 12.0 Å². The van der Waals surface area contributed by atoms with E-state index in [1.54, 1.807) is 11.8 Å². The molecule has 0 heterocycles. The molecule has 0 aliphatic heterocycles. The molecule has 2 amide bonds. The minimum absolute atomic E-state index is 0.00901. The van der Waals surface area contributed by atoms with E-state index in [1.807, 2.05) is 54.6 Å². The zero-order chi connectivity index (χ0) is 27.1. The highest BCUT2D eigenvalue weighted by atomic mass is 16.5. The molecule has 0 saturated heterocycles. The Kier molecular flexibility index (Phi) is 12.8. The van der Waals surface area contributed by atoms with Gasteiger partial charge in [-0.3, -0.25) is 0 Å². The summed E-state index contributed by atoms with van der Waals surface area (Å²) in [6, 6.07) is 16.9. The van der Waals surface area contributed by atoms with Crippen LogP contribution in [0.4, 0.5) is 4.79 Å². The highest BCUT2D eigenvalue weighted by Crippen LogP contribution is 2.15. The number of para-hydroxylation sites is 1. The third-order valence-corrected chi connectivity index (χ3v) is 5.51. The van der Waals surface area contributed by atoms with E-state index >= 15 is 0 Å². The first-order valence-electron chi connectivity index (χ1n) is 12.9. The Morgan fingerprint density at radius 1 is 0.919 bits per heavy atom. The van der Waals surface area contributed by atoms with Crippen LogP contribution in [-0.2, 0) is 16.0 Å². The van der Waals surface area contributed by atoms with Crippen molar-refractivity contribution in [1.29, 1.82) is 0 Å². The van der Waals surface area contributed by atoms with E-state index in [-0.39, 0.29) is 11.4 Å². The Balaban J connectivity index is 1.83. The molecule has 0 bridgehead atoms. The van der Waals surface area contributed by atoms with Gasteiger partial charge in [0, 0.05) is 26.1 Å². The predicted octanol–water partition coefficient (Wildman–Crippen LogP) is 5.01. The Hall–Kier alpha value is -3.26. The van der Waals surface area contributed by atoms with Crippen molar-refractivity contribution in [3.8, 4) is 11.5 Å². The van der Waals surface area contributed by atoms with E-state index < -0.39 is 12.1 Å². The number of amides is 2. The van der Waals surface area contributed by atoms with Crippen LogP contribution in [0.3, 0.4) is 0 Å². The number of carbonyl (C=O) groups excluding carboxylic acids is 1. The van der Waals surface area contributed by atoms with Crippen molar-refractivity contribution in [3.63, 3.8) is 0 Å². The minimum Gasteiger partial charge on any atom is -0.494 e. The average Bonchev–Trinajstić information content (AvgIpc) is 2.86. The highest BCUT2D eigenvalue weighted by molar-refractivity contribution is 5.74. The number of urea groups is 1. The number of benzene rings is 2. The van der Waals surface area contributed by atoms with Gasteiger partial charge in [-0.1, -0.05) is 51.1 Å². The van der Waals surface area contributed by atoms with E-state index in [1.165, 1.54) is 0 Å². The Labute approximate surface area is 220 Å². The van der Waals surface area contributed by atoms with Gasteiger partial charge in [-0.15, -0.1) is 0 Å². The summed E-state index contributed by atoms with van der Waals surface area (Å²) in [5.74, 6) is 0.537. The summed E-state index contributed by atoms with van der Waals surface area (Å²) in [4.78, 5) is 25.9. The van der Waals surface area contributed by atoms with Crippen molar-refractivity contribution in [2.24, 2.45) is 5.41 Å². The minimum atomic E-state index is -0.973. The molecule has 1 atom stereocenters. The number of carboxylic acids is 1. The molecule has 204 valence electrons. The Morgan fingerprint density at radius 2 is 1.57 bits per heavy atom. The van der Waals surface area contributed by atoms with Gasteiger partial charge < -0.3 is 29.5 Å². The standard InChI is InChI=1S/C29H42N2O6/c1-5-35-26(27(32)33)21-23-13-15-25(16-14-23)37-20-18-31(28(34)30-22-29(2,3)4)17-9-10-19-36-24-11-7-6-8-12-24/h6-8,11-16,26H,5,9-10,17-22H2,1-4H3,(H,30,34)(H,32,33). The van der Waals surface area contributed by atoms with Crippen LogP contribution in [0.1, 0.15) is 46.1 Å². The lowest BCUT2D eigenvalue weighted by atomic mass is 9.97. The van der Waals surface area contributed by atoms with Crippen LogP contribution >= 0.6 is 0 Å². The molecule has 37 heavy (non-hydrogen) atoms. The van der Waals surface area contributed by atoms with Crippen molar-refractivity contribution < 1.29 is 28.9 Å². The number of nitrogens with zero attached hydrogens (tertiary/aromatic N) is 1. The van der Waals surface area contributed by atoms with Crippen LogP contribution in [0.5, 0.6) is 11.5 Å². The van der Waals surface area contributed by atoms with E-state index in [4.69, 9.17) is 14.2 Å². The van der Waals surface area contributed by atoms with Crippen LogP contribution in [0, 0.1) is 5.41 Å². The molecule has 2 aromatic carbocycles. The van der Waals surface area contributed by atoms with Gasteiger partial charge in [-0.05, 0) is 55.0 Å². The number of unbranched alkanes of at least 4 members (excludes halogenated alkanes) is 1. The van der Waals surface area contributed by atoms with Crippen molar-refractivity contribution in [3.05, 3.63) is 60.2 Å². The highest BCUT2D eigenvalue weighted by Gasteiger charge is 2.19. The zero-order valence-corrected chi connectivity index (χ0v) is 22.6. The quantitative estimate of drug-likeness (QED) is 0.306. The fraction of sp³-hybridized carbons (Fsp3) is 0.517. The maximum atomic E-state index is 12.8. The molecule has 0 radical (unpaired) electrons. The first kappa shape index (κ1) is 30.0. The number of carboxylic acid groups (broad SMARTS) is 1. The lowest BCUT2D eigenvalue weighted by Crippen LogP contribution is -2.45. The number of hydrogen-bond acceptors (Lipinski definition) is 5. The summed E-state index contributed by atoms with van der Waals surface area (Å²) in [7, 11) is 0. The molecule has 1 unspecified atom stereocenters. The first-order valence-corrected chi connectivity index (χ1v) is 12.9. The third kappa shape index (κ3) is 12.5. The zero-order valence-electron chi connectivity index (χ0n) is 22.6. The number of aliphatic carboxylic acids is 1. The summed E-state index contributed by atoms with van der Waals surface area (Å²) in [6.07, 6.45) is 1.07. The van der Waals surface area contributed by atoms with Gasteiger partial charge >= 0.3 is 12.0 Å². The van der Waals surface area contributed by atoms with Gasteiger partial charge in [0.15, 0.2) is 6.10 Å². The Morgan fingerprint density at radius 3 is 2.19 bits per heavy atom. The fourth-order valence-corrected chi connectivity index (χ4v) is 3.51. The number of hydrogen-bond donors (Lipinski definition) is 2. The second-order valence-corrected chi connectivity index (χ2v) is 10.1. The molecule has 0 aliphatic rings. The molecule has 0 fully saturated rings. The van der Waals surface area contributed by atoms with Crippen molar-refractivity contribution in [1.82, 2.24) is 10.2 Å². The second-order valence-electron chi connectivity index (χ2n) is 10.1. The molecule has 0 saturated carbocycles. The van der Waals surface area contributed by atoms with E-state index in [2.05, 4.69) is 26.1 Å². The molecular weight excluding hydrogens is 472 g/mol. The van der Waals surface area contributed by atoms with Gasteiger partial charge in [0.1, 0.15) is 18.1 Å². The number of nitrogens with one attached hydrogen (secondary N) is 1. The molecule has 8 heteroatoms. The van der Waals surface area contributed by atoms with Crippen molar-refractivity contribution in [2.45, 2.75) is 53.1 Å². The smallest absolute Gasteiger partial charge is 0.333 e. The van der Waals surface area contributed by atoms with Crippen LogP contribution in [-0.4, -0.2) is 67.6 Å². The monoisotopic (exact) mass is 514 g/mol. The summed E-state index contributed by atoms with van der Waals surface area (Å²) in [5, 5.41) is 12.3. The number of ether oxygens (including phenoxy) is 3. The average molecular weight is 515 g/mol. The SMILES string of the molecule is CCOC(Cc1ccc(OCCN(CCCCOc2ccccc2)C(=O)NCC(C)(C)C)cc1)C(=O)O. The molecule has 2 rings (SSSR count). The first-order chi connectivity index (χ1) is 17.7. The molecule has 2 aromatic rings. The van der Waals surface area contributed by atoms with Gasteiger partial charge in [0.2, 0.25) is 0 Å². The predicted molar refractivity (Wildman–Crippen MR) is 144 cm³/mol. The van der Waals surface area contributed by atoms with Crippen LogP contribution in [0.2, 0.25) is 0 Å². The van der Waals surface area contributed by atoms with Crippen molar-refractivity contribution in [2.75, 3.05) is 39.5 Å². The number of rotatable bonds is 16. The van der Waals surface area contributed by atoms with E-state index in [0.29, 0.717) is 51.6 Å². The Bertz CT molecular complexity index is 928. The summed E-state index contributed by atoms with van der Waals surface area (Å²) in [5.41, 5.74) is 0.847. The molecule has 0 spiro atoms. The van der Waals surface area contributed by atoms with Gasteiger partial charge in [-0.2, -0.15) is 0 Å². The summed E-state index contributed by atoms with van der Waals surface area (Å²) < 4.78 is 16.9. The molecule has 2 N–H and O–H groups in total. The van der Waals surface area contributed by atoms with E-state index in [9.17, 15) is 14.7 Å². The topological polar surface area (TPSA) is 97.3 Å². The van der Waals surface area contributed by atoms with Gasteiger partial charge in [-0.25, -0.2) is 9.59 Å². The van der Waals surface area contributed by atoms with Crippen LogP contribution in [0.15, 0.2) is 54.6 Å². The maximum absolute atomic E-state index is 12.8. The lowest BCUT2D eigenvalue weighted by Gasteiger charge is -2.26. The van der Waals surface area contributed by atoms with E-state index in [0.717, 1.165) is 24.2 Å². The molecule has 0 aliphatic carbocycles. The second kappa shape index (κ2) is 15.8. The summed E-state index contributed by atoms with van der Waals surface area (Å²) >= 11 is 0. The summed E-state index contributed by atoms with van der Waals surface area (Å²) in [6.45, 7) is 10.9. The third-order valence-electron chi connectivity index (χ3n) is 5.51. The fourth-order valence-electron chi connectivity index (χ4n) is 3.51. The van der Waals surface area contributed by atoms with Gasteiger partial charge in [0.05, 0.1) is 13.2 Å². The normalized spacial score (nSPS) is 12.0. The van der Waals surface area contributed by atoms with Gasteiger partial charge in [0.25, 0.3) is 0 Å². The van der Waals surface area contributed by atoms with Crippen LogP contribution < -0.4 is 14.8 Å². The number of carbonyl (C=O) groups is 2. The molecule has 8 nitrogen and oxygen atoms in total. The van der Waals surface area contributed by atoms with Crippen LogP contribution in [0.25, 0.3) is 0 Å². The lowest BCUT2D eigenvalue weighted by molar-refractivity contribution is -0.149. The molecule has 0 aromatic heterocycles. The molecular formula is C29H42N2O6. The largest absolute Gasteiger partial charge is 0.494 e.